The van der Waals surface area contributed by atoms with E-state index in [0.717, 1.165) is 44.2 Å². The zero-order valence-electron chi connectivity index (χ0n) is 26.8. The molecule has 0 spiro atoms. The zero-order chi connectivity index (χ0) is 32.7. The van der Waals surface area contributed by atoms with Gasteiger partial charge in [-0.15, -0.1) is 0 Å². The van der Waals surface area contributed by atoms with Gasteiger partial charge in [0, 0.05) is 21.9 Å². The molecular weight excluding hydrogens is 591 g/mol. The molecule has 0 saturated heterocycles. The van der Waals surface area contributed by atoms with Crippen LogP contribution in [0.25, 0.3) is 21.5 Å². The molecule has 6 aromatic rings. The summed E-state index contributed by atoms with van der Waals surface area (Å²) in [7, 11) is -3.36. The standard InChI is InChI=1S/C40H35O5P/c1-23-19-25(3)35(26(4)20-23)37(41)33-17-15-29-11-7-9-13-31(29)39(33)44-46(43)45-40-32-14-10-8-12-30(32)16-18-34(40)38(42)36-27(5)21-24(2)22-28(36)6/h7-22,46H,1-6H3. The lowest BCUT2D eigenvalue weighted by atomic mass is 9.91. The molecule has 6 aromatic carbocycles. The van der Waals surface area contributed by atoms with Gasteiger partial charge in [0.05, 0.1) is 11.1 Å². The highest BCUT2D eigenvalue weighted by Gasteiger charge is 2.25. The third-order valence-electron chi connectivity index (χ3n) is 8.43. The van der Waals surface area contributed by atoms with Gasteiger partial charge in [0.2, 0.25) is 0 Å². The quantitative estimate of drug-likeness (QED) is 0.124. The Morgan fingerprint density at radius 1 is 0.500 bits per heavy atom. The summed E-state index contributed by atoms with van der Waals surface area (Å²) in [6.45, 7) is 11.6. The van der Waals surface area contributed by atoms with Gasteiger partial charge in [0.1, 0.15) is 11.5 Å². The highest BCUT2D eigenvalue weighted by atomic mass is 31.1. The summed E-state index contributed by atoms with van der Waals surface area (Å²) in [6, 6.07) is 30.0. The minimum Gasteiger partial charge on any atom is -0.417 e. The first-order valence-corrected chi connectivity index (χ1v) is 16.4. The first kappa shape index (κ1) is 31.0. The number of benzene rings is 6. The maximum atomic E-state index is 14.1. The van der Waals surface area contributed by atoms with Crippen LogP contribution in [-0.4, -0.2) is 11.6 Å². The highest BCUT2D eigenvalue weighted by Crippen LogP contribution is 2.42. The minimum atomic E-state index is -3.36. The zero-order valence-corrected chi connectivity index (χ0v) is 27.8. The fourth-order valence-corrected chi connectivity index (χ4v) is 7.41. The van der Waals surface area contributed by atoms with Crippen LogP contribution in [-0.2, 0) is 4.57 Å². The molecule has 0 radical (unpaired) electrons. The molecule has 0 saturated carbocycles. The van der Waals surface area contributed by atoms with Crippen LogP contribution in [0.4, 0.5) is 0 Å². The molecule has 230 valence electrons. The third kappa shape index (κ3) is 5.75. The van der Waals surface area contributed by atoms with E-state index in [2.05, 4.69) is 0 Å². The lowest BCUT2D eigenvalue weighted by Crippen LogP contribution is -2.10. The van der Waals surface area contributed by atoms with Crippen molar-refractivity contribution in [2.75, 3.05) is 0 Å². The van der Waals surface area contributed by atoms with E-state index < -0.39 is 8.25 Å². The van der Waals surface area contributed by atoms with Gasteiger partial charge in [0.15, 0.2) is 11.6 Å². The van der Waals surface area contributed by atoms with Crippen LogP contribution in [0, 0.1) is 41.5 Å². The van der Waals surface area contributed by atoms with Gasteiger partial charge in [-0.1, -0.05) is 96.1 Å². The van der Waals surface area contributed by atoms with Crippen LogP contribution in [0.1, 0.15) is 65.2 Å². The maximum Gasteiger partial charge on any atom is 0.419 e. The Morgan fingerprint density at radius 3 is 1.22 bits per heavy atom. The van der Waals surface area contributed by atoms with Crippen molar-refractivity contribution in [1.82, 2.24) is 0 Å². The fourth-order valence-electron chi connectivity index (χ4n) is 6.60. The van der Waals surface area contributed by atoms with Crippen molar-refractivity contribution < 1.29 is 23.2 Å². The molecule has 0 N–H and O–H groups in total. The summed E-state index contributed by atoms with van der Waals surface area (Å²) in [6.07, 6.45) is 0. The van der Waals surface area contributed by atoms with Gasteiger partial charge in [-0.25, -0.2) is 4.57 Å². The van der Waals surface area contributed by atoms with Crippen molar-refractivity contribution in [3.63, 3.8) is 0 Å². The van der Waals surface area contributed by atoms with Crippen molar-refractivity contribution in [3.05, 3.63) is 153 Å². The molecule has 0 amide bonds. The Labute approximate surface area is 269 Å². The van der Waals surface area contributed by atoms with Crippen LogP contribution in [0.3, 0.4) is 0 Å². The Morgan fingerprint density at radius 2 is 0.848 bits per heavy atom. The van der Waals surface area contributed by atoms with E-state index in [0.29, 0.717) is 21.9 Å². The van der Waals surface area contributed by atoms with E-state index in [4.69, 9.17) is 9.05 Å². The molecule has 46 heavy (non-hydrogen) atoms. The summed E-state index contributed by atoms with van der Waals surface area (Å²) in [5, 5.41) is 2.93. The smallest absolute Gasteiger partial charge is 0.417 e. The summed E-state index contributed by atoms with van der Waals surface area (Å²) >= 11 is 0. The summed E-state index contributed by atoms with van der Waals surface area (Å²) in [5.41, 5.74) is 7.28. The van der Waals surface area contributed by atoms with E-state index in [1.807, 2.05) is 126 Å². The molecule has 0 aliphatic rings. The summed E-state index contributed by atoms with van der Waals surface area (Å²) < 4.78 is 26.3. The second kappa shape index (κ2) is 12.4. The SMILES string of the molecule is Cc1cc(C)c(C(=O)c2ccc3ccccc3c2O[PH](=O)Oc2c(C(=O)c3c(C)cc(C)cc3C)ccc3ccccc23)c(C)c1. The number of hydrogen-bond donors (Lipinski definition) is 0. The number of aryl methyl sites for hydroxylation is 6. The second-order valence-corrected chi connectivity index (χ2v) is 12.9. The van der Waals surface area contributed by atoms with E-state index >= 15 is 0 Å². The first-order valence-electron chi connectivity index (χ1n) is 15.2. The Hall–Kier alpha value is -4.99. The van der Waals surface area contributed by atoms with E-state index in [1.165, 1.54) is 0 Å². The fraction of sp³-hybridized carbons (Fsp3) is 0.150. The van der Waals surface area contributed by atoms with Gasteiger partial charge < -0.3 is 9.05 Å². The largest absolute Gasteiger partial charge is 0.419 e. The second-order valence-electron chi connectivity index (χ2n) is 12.0. The molecule has 0 atom stereocenters. The average molecular weight is 627 g/mol. The van der Waals surface area contributed by atoms with Crippen LogP contribution in [0.2, 0.25) is 0 Å². The number of carbonyl (C=O) groups excluding carboxylic acids is 2. The molecule has 0 aromatic heterocycles. The van der Waals surface area contributed by atoms with Gasteiger partial charge in [0.25, 0.3) is 0 Å². The molecule has 0 aliphatic carbocycles. The molecular formula is C40H35O5P. The number of ketones is 2. The summed E-state index contributed by atoms with van der Waals surface area (Å²) in [4.78, 5) is 28.2. The van der Waals surface area contributed by atoms with Gasteiger partial charge in [-0.05, 0) is 86.7 Å². The monoisotopic (exact) mass is 626 g/mol. The van der Waals surface area contributed by atoms with E-state index in [-0.39, 0.29) is 34.2 Å². The van der Waals surface area contributed by atoms with Crippen LogP contribution >= 0.6 is 8.25 Å². The topological polar surface area (TPSA) is 69.7 Å². The predicted molar refractivity (Wildman–Crippen MR) is 186 cm³/mol. The predicted octanol–water partition coefficient (Wildman–Crippen LogP) is 10.2. The van der Waals surface area contributed by atoms with Gasteiger partial charge in [-0.3, -0.25) is 9.59 Å². The molecule has 0 bridgehead atoms. The highest BCUT2D eigenvalue weighted by molar-refractivity contribution is 7.34. The molecule has 5 nitrogen and oxygen atoms in total. The average Bonchev–Trinajstić information content (AvgIpc) is 3.00. The van der Waals surface area contributed by atoms with Crippen LogP contribution in [0.5, 0.6) is 11.5 Å². The molecule has 6 heteroatoms. The molecule has 6 rings (SSSR count). The van der Waals surface area contributed by atoms with Gasteiger partial charge in [-0.2, -0.15) is 0 Å². The Bertz CT molecular complexity index is 2030. The number of hydrogen-bond acceptors (Lipinski definition) is 5. The van der Waals surface area contributed by atoms with Crippen molar-refractivity contribution in [2.45, 2.75) is 41.5 Å². The van der Waals surface area contributed by atoms with Gasteiger partial charge >= 0.3 is 8.25 Å². The summed E-state index contributed by atoms with van der Waals surface area (Å²) in [5.74, 6) is -0.0804. The lowest BCUT2D eigenvalue weighted by Gasteiger charge is -2.18. The molecule has 0 fully saturated rings. The number of fused-ring (bicyclic) bond motifs is 2. The van der Waals surface area contributed by atoms with E-state index in [1.54, 1.807) is 12.1 Å². The minimum absolute atomic E-state index is 0.185. The molecule has 0 unspecified atom stereocenters. The maximum absolute atomic E-state index is 14.1. The Kier molecular flexibility index (Phi) is 8.37. The normalized spacial score (nSPS) is 11.3. The Balaban J connectivity index is 1.45. The molecule has 0 heterocycles. The van der Waals surface area contributed by atoms with Crippen LogP contribution in [0.15, 0.2) is 97.1 Å². The molecule has 0 aliphatic heterocycles. The first-order chi connectivity index (χ1) is 22.0. The third-order valence-corrected chi connectivity index (χ3v) is 9.17. The van der Waals surface area contributed by atoms with Crippen molar-refractivity contribution >= 4 is 41.4 Å². The number of carbonyl (C=O) groups is 2. The van der Waals surface area contributed by atoms with Crippen molar-refractivity contribution in [1.29, 1.82) is 0 Å². The van der Waals surface area contributed by atoms with Crippen molar-refractivity contribution in [2.24, 2.45) is 0 Å². The lowest BCUT2D eigenvalue weighted by molar-refractivity contribution is 0.102. The van der Waals surface area contributed by atoms with Crippen molar-refractivity contribution in [3.8, 4) is 11.5 Å². The van der Waals surface area contributed by atoms with E-state index in [9.17, 15) is 14.2 Å². The van der Waals surface area contributed by atoms with Crippen LogP contribution < -0.4 is 9.05 Å². The number of rotatable bonds is 8.